The van der Waals surface area contributed by atoms with Crippen LogP contribution in [-0.4, -0.2) is 44.3 Å². The van der Waals surface area contributed by atoms with E-state index in [-0.39, 0.29) is 17.7 Å². The molecule has 1 saturated carbocycles. The lowest BCUT2D eigenvalue weighted by molar-refractivity contribution is -0.142. The summed E-state index contributed by atoms with van der Waals surface area (Å²) in [5, 5.41) is 14.8. The molecular formula is C18H17Cl2N3O3. The van der Waals surface area contributed by atoms with E-state index >= 15 is 0 Å². The summed E-state index contributed by atoms with van der Waals surface area (Å²) in [5.41, 5.74) is 0.949. The highest BCUT2D eigenvalue weighted by atomic mass is 35.5. The molecule has 0 spiro atoms. The van der Waals surface area contributed by atoms with E-state index in [0.29, 0.717) is 27.8 Å². The molecule has 3 unspecified atom stereocenters. The molecule has 8 heteroatoms. The maximum absolute atomic E-state index is 12.9. The van der Waals surface area contributed by atoms with E-state index < -0.39 is 12.0 Å². The van der Waals surface area contributed by atoms with Crippen molar-refractivity contribution in [3.05, 3.63) is 46.2 Å². The molecular weight excluding hydrogens is 377 g/mol. The Morgan fingerprint density at radius 2 is 2.04 bits per heavy atom. The number of aliphatic carboxylic acids is 1. The third-order valence-electron chi connectivity index (χ3n) is 5.39. The molecule has 3 atom stereocenters. The Hall–Kier alpha value is -2.05. The molecule has 26 heavy (non-hydrogen) atoms. The average Bonchev–Trinajstić information content (AvgIpc) is 3.29. The van der Waals surface area contributed by atoms with Gasteiger partial charge in [0.1, 0.15) is 6.04 Å². The average molecular weight is 394 g/mol. The first-order valence-corrected chi connectivity index (χ1v) is 9.25. The largest absolute Gasteiger partial charge is 0.480 e. The molecule has 1 aromatic heterocycles. The van der Waals surface area contributed by atoms with Gasteiger partial charge in [-0.1, -0.05) is 29.6 Å². The molecule has 2 aromatic rings. The van der Waals surface area contributed by atoms with Crippen LogP contribution in [0.4, 0.5) is 0 Å². The van der Waals surface area contributed by atoms with Crippen molar-refractivity contribution in [2.45, 2.75) is 25.3 Å². The highest BCUT2D eigenvalue weighted by Gasteiger charge is 2.49. The number of benzene rings is 1. The molecule has 4 rings (SSSR count). The summed E-state index contributed by atoms with van der Waals surface area (Å²) in [6.45, 7) is 0.493. The maximum atomic E-state index is 12.9. The van der Waals surface area contributed by atoms with Crippen LogP contribution in [0, 0.1) is 11.8 Å². The van der Waals surface area contributed by atoms with Gasteiger partial charge in [0.2, 0.25) is 0 Å². The van der Waals surface area contributed by atoms with Crippen LogP contribution in [-0.2, 0) is 4.79 Å². The lowest BCUT2D eigenvalue weighted by Gasteiger charge is -2.23. The Morgan fingerprint density at radius 1 is 1.23 bits per heavy atom. The second-order valence-corrected chi connectivity index (χ2v) is 7.71. The zero-order valence-electron chi connectivity index (χ0n) is 13.8. The number of likely N-dealkylation sites (tertiary alicyclic amines) is 1. The molecule has 1 aliphatic carbocycles. The molecule has 1 N–H and O–H groups in total. The number of aromatic nitrogens is 2. The van der Waals surface area contributed by atoms with Crippen LogP contribution in [0.1, 0.15) is 29.6 Å². The van der Waals surface area contributed by atoms with E-state index in [1.807, 2.05) is 0 Å². The Balaban J connectivity index is 1.61. The minimum absolute atomic E-state index is 0.0530. The number of carbonyl (C=O) groups excluding carboxylic acids is 1. The van der Waals surface area contributed by atoms with Crippen LogP contribution in [0.15, 0.2) is 30.6 Å². The number of carboxylic acid groups (broad SMARTS) is 1. The van der Waals surface area contributed by atoms with Gasteiger partial charge in [0.25, 0.3) is 5.91 Å². The van der Waals surface area contributed by atoms with E-state index in [4.69, 9.17) is 23.2 Å². The van der Waals surface area contributed by atoms with Crippen LogP contribution in [0.25, 0.3) is 5.69 Å². The fraction of sp³-hybridized carbons (Fsp3) is 0.389. The molecule has 2 aliphatic rings. The van der Waals surface area contributed by atoms with Crippen molar-refractivity contribution in [1.29, 1.82) is 0 Å². The van der Waals surface area contributed by atoms with Crippen LogP contribution in [0.2, 0.25) is 10.0 Å². The Bertz CT molecular complexity index is 882. The molecule has 1 aromatic carbocycles. The van der Waals surface area contributed by atoms with Gasteiger partial charge in [-0.25, -0.2) is 9.48 Å². The minimum Gasteiger partial charge on any atom is -0.480 e. The van der Waals surface area contributed by atoms with Crippen LogP contribution in [0.3, 0.4) is 0 Å². The Labute approximate surface area is 160 Å². The van der Waals surface area contributed by atoms with Gasteiger partial charge in [-0.3, -0.25) is 4.79 Å². The summed E-state index contributed by atoms with van der Waals surface area (Å²) in [5.74, 6) is -0.901. The molecule has 2 fully saturated rings. The zero-order chi connectivity index (χ0) is 18.4. The highest BCUT2D eigenvalue weighted by molar-refractivity contribution is 6.35. The van der Waals surface area contributed by atoms with Crippen molar-refractivity contribution >= 4 is 35.1 Å². The summed E-state index contributed by atoms with van der Waals surface area (Å²) in [6, 6.07) is 4.25. The van der Waals surface area contributed by atoms with Gasteiger partial charge >= 0.3 is 5.97 Å². The molecule has 2 heterocycles. The third kappa shape index (κ3) is 2.87. The van der Waals surface area contributed by atoms with Crippen LogP contribution < -0.4 is 0 Å². The summed E-state index contributed by atoms with van der Waals surface area (Å²) in [4.78, 5) is 26.2. The number of halogens is 2. The number of fused-ring (bicyclic) bond motifs is 1. The molecule has 0 radical (unpaired) electrons. The third-order valence-corrected chi connectivity index (χ3v) is 5.93. The summed E-state index contributed by atoms with van der Waals surface area (Å²) < 4.78 is 1.50. The number of carboxylic acids is 1. The van der Waals surface area contributed by atoms with Gasteiger partial charge in [-0.05, 0) is 42.9 Å². The topological polar surface area (TPSA) is 75.4 Å². The first kappa shape index (κ1) is 17.4. The van der Waals surface area contributed by atoms with Crippen molar-refractivity contribution < 1.29 is 14.7 Å². The second-order valence-electron chi connectivity index (χ2n) is 6.86. The fourth-order valence-corrected chi connectivity index (χ4v) is 4.72. The van der Waals surface area contributed by atoms with Crippen LogP contribution in [0.5, 0.6) is 0 Å². The van der Waals surface area contributed by atoms with Gasteiger partial charge < -0.3 is 10.0 Å². The first-order valence-electron chi connectivity index (χ1n) is 8.49. The summed E-state index contributed by atoms with van der Waals surface area (Å²) >= 11 is 12.1. The number of amides is 1. The summed E-state index contributed by atoms with van der Waals surface area (Å²) in [7, 11) is 0. The summed E-state index contributed by atoms with van der Waals surface area (Å²) in [6.07, 6.45) is 5.90. The number of rotatable bonds is 3. The van der Waals surface area contributed by atoms with E-state index in [2.05, 4.69) is 5.10 Å². The predicted octanol–water partition coefficient (Wildman–Crippen LogP) is 3.50. The second kappa shape index (κ2) is 6.59. The van der Waals surface area contributed by atoms with Crippen LogP contribution >= 0.6 is 23.2 Å². The number of nitrogens with zero attached hydrogens (tertiary/aromatic N) is 3. The fourth-order valence-electron chi connectivity index (χ4n) is 4.23. The molecule has 6 nitrogen and oxygen atoms in total. The lowest BCUT2D eigenvalue weighted by Crippen LogP contribution is -2.43. The number of hydrogen-bond acceptors (Lipinski definition) is 3. The van der Waals surface area contributed by atoms with Crippen molar-refractivity contribution in [1.82, 2.24) is 14.7 Å². The number of hydrogen-bond donors (Lipinski definition) is 1. The molecule has 136 valence electrons. The maximum Gasteiger partial charge on any atom is 0.326 e. The van der Waals surface area contributed by atoms with E-state index in [1.165, 1.54) is 15.8 Å². The quantitative estimate of drug-likeness (QED) is 0.865. The predicted molar refractivity (Wildman–Crippen MR) is 96.9 cm³/mol. The van der Waals surface area contributed by atoms with Gasteiger partial charge in [0, 0.05) is 17.8 Å². The van der Waals surface area contributed by atoms with Gasteiger partial charge in [0.05, 0.1) is 22.5 Å². The van der Waals surface area contributed by atoms with E-state index in [9.17, 15) is 14.7 Å². The Morgan fingerprint density at radius 3 is 2.77 bits per heavy atom. The molecule has 1 amide bonds. The Kier molecular flexibility index (Phi) is 4.40. The van der Waals surface area contributed by atoms with Crippen molar-refractivity contribution in [2.75, 3.05) is 6.54 Å². The number of carbonyl (C=O) groups is 2. The first-order chi connectivity index (χ1) is 12.5. The van der Waals surface area contributed by atoms with Crippen molar-refractivity contribution in [3.63, 3.8) is 0 Å². The van der Waals surface area contributed by atoms with E-state index in [1.54, 1.807) is 24.4 Å². The van der Waals surface area contributed by atoms with Crippen molar-refractivity contribution in [3.8, 4) is 5.69 Å². The monoisotopic (exact) mass is 393 g/mol. The standard InChI is InChI=1S/C18H17Cl2N3O3/c19-12-4-5-15(14(20)6-12)23-9-11(7-21-23)17(24)22-8-10-2-1-3-13(10)16(22)18(25)26/h4-7,9-10,13,16H,1-3,8H2,(H,25,26). The SMILES string of the molecule is O=C(O)C1C2CCCC2CN1C(=O)c1cnn(-c2ccc(Cl)cc2Cl)c1. The normalized spacial score (nSPS) is 24.7. The van der Waals surface area contributed by atoms with Crippen molar-refractivity contribution in [2.24, 2.45) is 11.8 Å². The smallest absolute Gasteiger partial charge is 0.326 e. The zero-order valence-corrected chi connectivity index (χ0v) is 15.3. The van der Waals surface area contributed by atoms with Gasteiger partial charge in [-0.2, -0.15) is 5.10 Å². The molecule has 1 saturated heterocycles. The highest BCUT2D eigenvalue weighted by Crippen LogP contribution is 2.42. The van der Waals surface area contributed by atoms with Gasteiger partial charge in [-0.15, -0.1) is 0 Å². The molecule has 0 bridgehead atoms. The lowest BCUT2D eigenvalue weighted by atomic mass is 9.94. The molecule has 1 aliphatic heterocycles. The minimum atomic E-state index is -0.930. The van der Waals surface area contributed by atoms with E-state index in [0.717, 1.165) is 19.3 Å². The van der Waals surface area contributed by atoms with Gasteiger partial charge in [0.15, 0.2) is 0 Å².